The molecule has 0 fully saturated rings. The summed E-state index contributed by atoms with van der Waals surface area (Å²) in [5.41, 5.74) is -0.0795. The van der Waals surface area contributed by atoms with Crippen LogP contribution in [0.15, 0.2) is 59.8 Å². The molecule has 1 amide bonds. The van der Waals surface area contributed by atoms with Crippen molar-refractivity contribution in [3.8, 4) is 0 Å². The number of aromatic nitrogens is 2. The van der Waals surface area contributed by atoms with Gasteiger partial charge in [-0.15, -0.1) is 0 Å². The van der Waals surface area contributed by atoms with Crippen molar-refractivity contribution in [2.24, 2.45) is 0 Å². The number of rotatable bonds is 6. The Morgan fingerprint density at radius 3 is 2.23 bits per heavy atom. The molecule has 0 aliphatic rings. The van der Waals surface area contributed by atoms with E-state index in [0.717, 1.165) is 23.7 Å². The minimum absolute atomic E-state index is 0.0648. The number of sulfonamides is 1. The third-order valence-corrected chi connectivity index (χ3v) is 6.16. The zero-order valence-electron chi connectivity index (χ0n) is 15.3. The number of nitrogens with zero attached hydrogens (tertiary/aromatic N) is 2. The molecule has 12 heteroatoms. The van der Waals surface area contributed by atoms with E-state index in [2.05, 4.69) is 19.4 Å². The van der Waals surface area contributed by atoms with E-state index in [-0.39, 0.29) is 15.6 Å². The average molecular weight is 456 g/mol. The first-order chi connectivity index (χ1) is 14.1. The van der Waals surface area contributed by atoms with Crippen LogP contribution in [0, 0.1) is 0 Å². The van der Waals surface area contributed by atoms with E-state index in [0.29, 0.717) is 5.56 Å². The minimum atomic E-state index is -4.43. The number of nitrogens with one attached hydrogen (secondary N) is 2. The van der Waals surface area contributed by atoms with Crippen molar-refractivity contribution in [3.63, 3.8) is 0 Å². The van der Waals surface area contributed by atoms with E-state index in [9.17, 15) is 26.4 Å². The number of amides is 1. The fraction of sp³-hybridized carbons (Fsp3) is 0.167. The molecule has 30 heavy (non-hydrogen) atoms. The third kappa shape index (κ3) is 5.13. The van der Waals surface area contributed by atoms with Gasteiger partial charge in [-0.3, -0.25) is 9.52 Å². The van der Waals surface area contributed by atoms with E-state index in [4.69, 9.17) is 0 Å². The second-order valence-corrected chi connectivity index (χ2v) is 8.65. The monoisotopic (exact) mass is 456 g/mol. The Kier molecular flexibility index (Phi) is 6.08. The summed E-state index contributed by atoms with van der Waals surface area (Å²) >= 11 is 0.881. The number of anilines is 1. The second-order valence-electron chi connectivity index (χ2n) is 6.19. The van der Waals surface area contributed by atoms with Crippen LogP contribution in [0.5, 0.6) is 0 Å². The summed E-state index contributed by atoms with van der Waals surface area (Å²) in [7, 11) is -3.87. The summed E-state index contributed by atoms with van der Waals surface area (Å²) in [6.45, 7) is 1.63. The molecule has 2 aromatic carbocycles. The Labute approximate surface area is 174 Å². The molecule has 0 spiro atoms. The first-order valence-corrected chi connectivity index (χ1v) is 10.7. The van der Waals surface area contributed by atoms with Crippen molar-refractivity contribution in [2.75, 3.05) is 4.72 Å². The number of alkyl halides is 3. The molecule has 3 rings (SSSR count). The van der Waals surface area contributed by atoms with Crippen molar-refractivity contribution in [1.29, 1.82) is 0 Å². The maximum Gasteiger partial charge on any atom is 0.416 e. The first kappa shape index (κ1) is 21.7. The number of hydrogen-bond donors (Lipinski definition) is 2. The van der Waals surface area contributed by atoms with Crippen molar-refractivity contribution in [1.82, 2.24) is 14.7 Å². The molecule has 1 aromatic heterocycles. The van der Waals surface area contributed by atoms with Gasteiger partial charge in [-0.2, -0.15) is 17.5 Å². The fourth-order valence-electron chi connectivity index (χ4n) is 2.50. The van der Waals surface area contributed by atoms with Gasteiger partial charge in [0.15, 0.2) is 0 Å². The van der Waals surface area contributed by atoms with Crippen LogP contribution in [0.3, 0.4) is 0 Å². The molecule has 0 saturated heterocycles. The van der Waals surface area contributed by atoms with E-state index < -0.39 is 33.7 Å². The van der Waals surface area contributed by atoms with Gasteiger partial charge in [-0.25, -0.2) is 13.4 Å². The Morgan fingerprint density at radius 2 is 1.70 bits per heavy atom. The predicted octanol–water partition coefficient (Wildman–Crippen LogP) is 3.85. The van der Waals surface area contributed by atoms with Crippen LogP contribution in [0.1, 0.15) is 34.5 Å². The first-order valence-electron chi connectivity index (χ1n) is 8.44. The maximum absolute atomic E-state index is 12.7. The Morgan fingerprint density at radius 1 is 1.07 bits per heavy atom. The van der Waals surface area contributed by atoms with Crippen molar-refractivity contribution in [3.05, 3.63) is 71.5 Å². The number of halogens is 3. The van der Waals surface area contributed by atoms with Crippen LogP contribution in [0.25, 0.3) is 0 Å². The van der Waals surface area contributed by atoms with Crippen LogP contribution in [-0.4, -0.2) is 23.7 Å². The zero-order valence-corrected chi connectivity index (χ0v) is 17.0. The van der Waals surface area contributed by atoms with Crippen molar-refractivity contribution >= 4 is 32.6 Å². The van der Waals surface area contributed by atoms with Crippen LogP contribution < -0.4 is 10.0 Å². The highest BCUT2D eigenvalue weighted by Crippen LogP contribution is 2.30. The molecule has 1 unspecified atom stereocenters. The Balaban J connectivity index is 1.67. The van der Waals surface area contributed by atoms with E-state index >= 15 is 0 Å². The van der Waals surface area contributed by atoms with Gasteiger partial charge in [-0.1, -0.05) is 12.1 Å². The quantitative estimate of drug-likeness (QED) is 0.587. The number of carbonyl (C=O) groups excluding carboxylic acids is 1. The van der Waals surface area contributed by atoms with Crippen LogP contribution in [0.2, 0.25) is 0 Å². The molecule has 7 nitrogen and oxygen atoms in total. The molecule has 0 saturated carbocycles. The summed E-state index contributed by atoms with van der Waals surface area (Å²) in [5, 5.41) is 2.78. The van der Waals surface area contributed by atoms with Crippen molar-refractivity contribution in [2.45, 2.75) is 24.0 Å². The minimum Gasteiger partial charge on any atom is -0.346 e. The highest BCUT2D eigenvalue weighted by atomic mass is 32.2. The third-order valence-electron chi connectivity index (χ3n) is 4.10. The largest absolute Gasteiger partial charge is 0.416 e. The number of benzene rings is 2. The van der Waals surface area contributed by atoms with Gasteiger partial charge in [0.2, 0.25) is 5.13 Å². The lowest BCUT2D eigenvalue weighted by molar-refractivity contribution is -0.137. The number of carbonyl (C=O) groups is 1. The summed E-state index contributed by atoms with van der Waals surface area (Å²) in [6.07, 6.45) is -3.22. The van der Waals surface area contributed by atoms with Gasteiger partial charge in [0.25, 0.3) is 15.9 Å². The van der Waals surface area contributed by atoms with Crippen LogP contribution >= 0.6 is 11.5 Å². The van der Waals surface area contributed by atoms with E-state index in [1.807, 2.05) is 0 Å². The molecular weight excluding hydrogens is 441 g/mol. The normalized spacial score (nSPS) is 12.9. The smallest absolute Gasteiger partial charge is 0.346 e. The van der Waals surface area contributed by atoms with Gasteiger partial charge < -0.3 is 5.32 Å². The fourth-order valence-corrected chi connectivity index (χ4v) is 4.16. The van der Waals surface area contributed by atoms with Crippen LogP contribution in [0.4, 0.5) is 18.3 Å². The lowest BCUT2D eigenvalue weighted by Crippen LogP contribution is -2.26. The van der Waals surface area contributed by atoms with Gasteiger partial charge in [0.1, 0.15) is 6.33 Å². The van der Waals surface area contributed by atoms with E-state index in [1.165, 1.54) is 42.7 Å². The maximum atomic E-state index is 12.7. The summed E-state index contributed by atoms with van der Waals surface area (Å²) in [5.74, 6) is -0.497. The molecule has 1 heterocycles. The van der Waals surface area contributed by atoms with E-state index in [1.54, 1.807) is 6.92 Å². The van der Waals surface area contributed by atoms with Gasteiger partial charge in [-0.05, 0) is 48.9 Å². The number of hydrogen-bond acceptors (Lipinski definition) is 6. The average Bonchev–Trinajstić information content (AvgIpc) is 3.19. The van der Waals surface area contributed by atoms with Gasteiger partial charge >= 0.3 is 6.18 Å². The summed E-state index contributed by atoms with van der Waals surface area (Å²) in [6, 6.07) is 9.13. The Bertz CT molecular complexity index is 1110. The standard InChI is InChI=1S/C18H15F3N4O3S2/c1-11(12-2-6-14(7-3-12)18(19,20)21)24-16(26)13-4-8-15(9-5-13)30(27,28)25-17-22-10-23-29-17/h2-11H,1H3,(H,24,26)(H,22,23,25). The SMILES string of the molecule is CC(NC(=O)c1ccc(S(=O)(=O)Nc2ncns2)cc1)c1ccc(C(F)(F)F)cc1. The van der Waals surface area contributed by atoms with Gasteiger partial charge in [0, 0.05) is 17.1 Å². The Hall–Kier alpha value is -2.99. The highest BCUT2D eigenvalue weighted by Gasteiger charge is 2.30. The molecule has 0 bridgehead atoms. The van der Waals surface area contributed by atoms with Crippen molar-refractivity contribution < 1.29 is 26.4 Å². The van der Waals surface area contributed by atoms with Gasteiger partial charge in [0.05, 0.1) is 16.5 Å². The van der Waals surface area contributed by atoms with Crippen LogP contribution in [-0.2, 0) is 16.2 Å². The molecule has 1 atom stereocenters. The molecule has 0 radical (unpaired) electrons. The molecule has 2 N–H and O–H groups in total. The molecule has 0 aliphatic carbocycles. The molecule has 158 valence electrons. The molecule has 3 aromatic rings. The predicted molar refractivity (Wildman–Crippen MR) is 104 cm³/mol. The topological polar surface area (TPSA) is 101 Å². The second kappa shape index (κ2) is 8.40. The molecule has 0 aliphatic heterocycles. The lowest BCUT2D eigenvalue weighted by atomic mass is 10.1. The lowest BCUT2D eigenvalue weighted by Gasteiger charge is -2.16. The molecular formula is C18H15F3N4O3S2. The summed E-state index contributed by atoms with van der Waals surface area (Å²) in [4.78, 5) is 16.1. The summed E-state index contributed by atoms with van der Waals surface area (Å²) < 4.78 is 68.5. The zero-order chi connectivity index (χ0) is 21.9. The highest BCUT2D eigenvalue weighted by molar-refractivity contribution is 7.93.